The number of carbonyl (C=O) groups excluding carboxylic acids is 2. The van der Waals surface area contributed by atoms with Gasteiger partial charge in [0.25, 0.3) is 0 Å². The van der Waals surface area contributed by atoms with Crippen LogP contribution >= 0.6 is 0 Å². The van der Waals surface area contributed by atoms with Gasteiger partial charge >= 0.3 is 11.9 Å². The van der Waals surface area contributed by atoms with Crippen LogP contribution in [-0.4, -0.2) is 49.7 Å². The van der Waals surface area contributed by atoms with Gasteiger partial charge in [-0.25, -0.2) is 0 Å². The lowest BCUT2D eigenvalue weighted by Gasteiger charge is -2.19. The number of esters is 2. The van der Waals surface area contributed by atoms with Crippen molar-refractivity contribution in [2.75, 3.05) is 32.8 Å². The molecule has 5 nitrogen and oxygen atoms in total. The van der Waals surface area contributed by atoms with Crippen LogP contribution < -0.4 is 0 Å². The maximum absolute atomic E-state index is 12.1. The van der Waals surface area contributed by atoms with E-state index < -0.39 is 23.8 Å². The molecule has 0 aromatic carbocycles. The second kappa shape index (κ2) is 14.8. The van der Waals surface area contributed by atoms with Crippen LogP contribution in [0.1, 0.15) is 60.3 Å². The van der Waals surface area contributed by atoms with Gasteiger partial charge in [-0.2, -0.15) is 0 Å². The molecule has 0 aliphatic rings. The van der Waals surface area contributed by atoms with Crippen molar-refractivity contribution in [3.8, 4) is 11.8 Å². The van der Waals surface area contributed by atoms with E-state index in [2.05, 4.69) is 30.6 Å². The number of hydrogen-bond donors (Lipinski definition) is 0. The van der Waals surface area contributed by atoms with Gasteiger partial charge in [0, 0.05) is 5.92 Å². The third-order valence-corrected chi connectivity index (χ3v) is 3.87. The lowest BCUT2D eigenvalue weighted by atomic mass is 9.94. The molecule has 1 atom stereocenters. The van der Waals surface area contributed by atoms with E-state index in [1.54, 1.807) is 20.8 Å². The molecule has 0 aromatic rings. The first-order valence-electron chi connectivity index (χ1n) is 9.55. The fourth-order valence-corrected chi connectivity index (χ4v) is 2.40. The highest BCUT2D eigenvalue weighted by molar-refractivity contribution is 5.95. The summed E-state index contributed by atoms with van der Waals surface area (Å²) >= 11 is 0. The number of carbonyl (C=O) groups is 2. The SMILES string of the molecule is CCCCN(CC#CC(C)C(C(=O)OCC)C(=O)OCC)CCCC. The third-order valence-electron chi connectivity index (χ3n) is 3.87. The second-order valence-corrected chi connectivity index (χ2v) is 6.07. The molecule has 5 heteroatoms. The van der Waals surface area contributed by atoms with E-state index in [0.717, 1.165) is 38.8 Å². The molecule has 0 N–H and O–H groups in total. The lowest BCUT2D eigenvalue weighted by molar-refractivity contribution is -0.163. The Morgan fingerprint density at radius 2 is 1.40 bits per heavy atom. The van der Waals surface area contributed by atoms with Gasteiger partial charge in [-0.15, -0.1) is 0 Å². The smallest absolute Gasteiger partial charge is 0.321 e. The number of nitrogens with zero attached hydrogens (tertiary/aromatic N) is 1. The zero-order valence-corrected chi connectivity index (χ0v) is 16.6. The Kier molecular flexibility index (Phi) is 13.9. The maximum Gasteiger partial charge on any atom is 0.321 e. The van der Waals surface area contributed by atoms with Gasteiger partial charge in [0.1, 0.15) is 0 Å². The minimum atomic E-state index is -0.980. The summed E-state index contributed by atoms with van der Waals surface area (Å²) in [7, 11) is 0. The average molecular weight is 354 g/mol. The Morgan fingerprint density at radius 3 is 1.80 bits per heavy atom. The molecule has 0 aromatic heterocycles. The van der Waals surface area contributed by atoms with Gasteiger partial charge in [0.2, 0.25) is 0 Å². The van der Waals surface area contributed by atoms with Crippen LogP contribution in [0, 0.1) is 23.7 Å². The first-order chi connectivity index (χ1) is 12.0. The van der Waals surface area contributed by atoms with Gasteiger partial charge in [0.05, 0.1) is 19.8 Å². The summed E-state index contributed by atoms with van der Waals surface area (Å²) in [4.78, 5) is 26.5. The summed E-state index contributed by atoms with van der Waals surface area (Å²) in [6.07, 6.45) is 4.60. The molecule has 0 radical (unpaired) electrons. The molecular formula is C20H35NO4. The van der Waals surface area contributed by atoms with Gasteiger partial charge in [-0.1, -0.05) is 38.5 Å². The summed E-state index contributed by atoms with van der Waals surface area (Å²) in [5.41, 5.74) is 0. The van der Waals surface area contributed by atoms with Gasteiger partial charge in [-0.3, -0.25) is 14.5 Å². The molecule has 0 saturated heterocycles. The third kappa shape index (κ3) is 10.1. The van der Waals surface area contributed by atoms with Crippen LogP contribution in [0.5, 0.6) is 0 Å². The van der Waals surface area contributed by atoms with Crippen LogP contribution in [-0.2, 0) is 19.1 Å². The zero-order valence-electron chi connectivity index (χ0n) is 16.6. The van der Waals surface area contributed by atoms with E-state index in [4.69, 9.17) is 9.47 Å². The van der Waals surface area contributed by atoms with E-state index in [9.17, 15) is 9.59 Å². The number of rotatable bonds is 12. The predicted octanol–water partition coefficient (Wildman–Crippen LogP) is 3.27. The predicted molar refractivity (Wildman–Crippen MR) is 100.0 cm³/mol. The molecule has 0 aliphatic carbocycles. The summed E-state index contributed by atoms with van der Waals surface area (Å²) in [5, 5.41) is 0. The average Bonchev–Trinajstić information content (AvgIpc) is 2.57. The molecule has 0 aliphatic heterocycles. The molecule has 0 bridgehead atoms. The van der Waals surface area contributed by atoms with Crippen molar-refractivity contribution in [2.45, 2.75) is 60.3 Å². The highest BCUT2D eigenvalue weighted by atomic mass is 16.6. The van der Waals surface area contributed by atoms with Crippen LogP contribution in [0.3, 0.4) is 0 Å². The molecule has 0 fully saturated rings. The highest BCUT2D eigenvalue weighted by Crippen LogP contribution is 2.15. The first-order valence-corrected chi connectivity index (χ1v) is 9.55. The lowest BCUT2D eigenvalue weighted by Crippen LogP contribution is -2.33. The molecule has 0 spiro atoms. The van der Waals surface area contributed by atoms with Gasteiger partial charge < -0.3 is 9.47 Å². The van der Waals surface area contributed by atoms with Crippen molar-refractivity contribution >= 4 is 11.9 Å². The Hall–Kier alpha value is -1.54. The topological polar surface area (TPSA) is 55.8 Å². The standard InChI is InChI=1S/C20H35NO4/c1-6-10-14-21(15-11-7-2)16-12-13-17(5)18(19(22)24-8-3)20(23)25-9-4/h17-18H,6-11,14-16H2,1-5H3. The Morgan fingerprint density at radius 1 is 0.920 bits per heavy atom. The largest absolute Gasteiger partial charge is 0.465 e. The van der Waals surface area contributed by atoms with Crippen molar-refractivity contribution in [3.05, 3.63) is 0 Å². The fraction of sp³-hybridized carbons (Fsp3) is 0.800. The summed E-state index contributed by atoms with van der Waals surface area (Å²) < 4.78 is 10.0. The highest BCUT2D eigenvalue weighted by Gasteiger charge is 2.34. The molecule has 0 heterocycles. The Labute approximate surface area is 153 Å². The monoisotopic (exact) mass is 353 g/mol. The summed E-state index contributed by atoms with van der Waals surface area (Å²) in [6, 6.07) is 0. The van der Waals surface area contributed by atoms with Crippen molar-refractivity contribution < 1.29 is 19.1 Å². The second-order valence-electron chi connectivity index (χ2n) is 6.07. The number of ether oxygens (including phenoxy) is 2. The van der Waals surface area contributed by atoms with Crippen molar-refractivity contribution in [1.82, 2.24) is 4.90 Å². The van der Waals surface area contributed by atoms with E-state index >= 15 is 0 Å². The van der Waals surface area contributed by atoms with Gasteiger partial charge in [0.15, 0.2) is 5.92 Å². The van der Waals surface area contributed by atoms with Crippen molar-refractivity contribution in [2.24, 2.45) is 11.8 Å². The van der Waals surface area contributed by atoms with Crippen LogP contribution in [0.2, 0.25) is 0 Å². The quantitative estimate of drug-likeness (QED) is 0.306. The fourth-order valence-electron chi connectivity index (χ4n) is 2.40. The normalized spacial score (nSPS) is 11.8. The zero-order chi connectivity index (χ0) is 19.1. The summed E-state index contributed by atoms with van der Waals surface area (Å²) in [6.45, 7) is 12.7. The van der Waals surface area contributed by atoms with E-state index in [1.807, 2.05) is 0 Å². The number of hydrogen-bond acceptors (Lipinski definition) is 5. The van der Waals surface area contributed by atoms with E-state index in [-0.39, 0.29) is 13.2 Å². The molecule has 0 saturated carbocycles. The molecule has 0 amide bonds. The molecule has 0 rings (SSSR count). The molecule has 144 valence electrons. The Bertz CT molecular complexity index is 413. The minimum absolute atomic E-state index is 0.233. The molecule has 1 unspecified atom stereocenters. The van der Waals surface area contributed by atoms with Crippen LogP contribution in [0.4, 0.5) is 0 Å². The van der Waals surface area contributed by atoms with Gasteiger partial charge in [-0.05, 0) is 46.7 Å². The maximum atomic E-state index is 12.1. The van der Waals surface area contributed by atoms with Crippen molar-refractivity contribution in [3.63, 3.8) is 0 Å². The van der Waals surface area contributed by atoms with Crippen molar-refractivity contribution in [1.29, 1.82) is 0 Å². The first kappa shape index (κ1) is 23.5. The summed E-state index contributed by atoms with van der Waals surface area (Å²) in [5.74, 6) is 3.66. The number of unbranched alkanes of at least 4 members (excludes halogenated alkanes) is 2. The molecule has 25 heavy (non-hydrogen) atoms. The molecular weight excluding hydrogens is 318 g/mol. The minimum Gasteiger partial charge on any atom is -0.465 e. The van der Waals surface area contributed by atoms with Crippen LogP contribution in [0.25, 0.3) is 0 Å². The van der Waals surface area contributed by atoms with Crippen LogP contribution in [0.15, 0.2) is 0 Å². The van der Waals surface area contributed by atoms with E-state index in [0.29, 0.717) is 6.54 Å². The Balaban J connectivity index is 4.89. The van der Waals surface area contributed by atoms with E-state index in [1.165, 1.54) is 0 Å².